The predicted octanol–water partition coefficient (Wildman–Crippen LogP) is 1.45. The lowest BCUT2D eigenvalue weighted by atomic mass is 10.2. The topological polar surface area (TPSA) is 64.9 Å². The lowest BCUT2D eigenvalue weighted by Crippen LogP contribution is -2.06. The van der Waals surface area contributed by atoms with Crippen LogP contribution in [-0.2, 0) is 13.6 Å². The standard InChI is InChI=1S/C12H17N5O/c1-8-5-11(18-4)16-12(15-8)13-6-10-7-14-17(3)9(10)2/h5,7H,6H2,1-4H3,(H,13,15,16). The molecule has 0 saturated carbocycles. The first-order valence-electron chi connectivity index (χ1n) is 5.71. The van der Waals surface area contributed by atoms with Crippen LogP contribution in [0.3, 0.4) is 0 Å². The summed E-state index contributed by atoms with van der Waals surface area (Å²) in [4.78, 5) is 8.54. The van der Waals surface area contributed by atoms with E-state index < -0.39 is 0 Å². The molecule has 0 aliphatic heterocycles. The van der Waals surface area contributed by atoms with Crippen molar-refractivity contribution in [3.05, 3.63) is 29.2 Å². The smallest absolute Gasteiger partial charge is 0.226 e. The number of aryl methyl sites for hydroxylation is 2. The number of nitrogens with zero attached hydrogens (tertiary/aromatic N) is 4. The van der Waals surface area contributed by atoms with Gasteiger partial charge in [-0.1, -0.05) is 0 Å². The quantitative estimate of drug-likeness (QED) is 0.885. The molecule has 0 aliphatic rings. The van der Waals surface area contributed by atoms with Gasteiger partial charge in [0.25, 0.3) is 0 Å². The summed E-state index contributed by atoms with van der Waals surface area (Å²) in [5.74, 6) is 1.13. The van der Waals surface area contributed by atoms with Gasteiger partial charge < -0.3 is 10.1 Å². The molecule has 2 heterocycles. The third-order valence-electron chi connectivity index (χ3n) is 2.81. The van der Waals surface area contributed by atoms with Gasteiger partial charge in [0.05, 0.1) is 13.3 Å². The van der Waals surface area contributed by atoms with Crippen LogP contribution in [0.1, 0.15) is 17.0 Å². The van der Waals surface area contributed by atoms with E-state index in [9.17, 15) is 0 Å². The van der Waals surface area contributed by atoms with Gasteiger partial charge in [-0.05, 0) is 13.8 Å². The van der Waals surface area contributed by atoms with E-state index in [0.29, 0.717) is 18.4 Å². The Bertz CT molecular complexity index is 549. The molecule has 2 aromatic heterocycles. The molecule has 0 radical (unpaired) electrons. The Morgan fingerprint density at radius 2 is 2.11 bits per heavy atom. The van der Waals surface area contributed by atoms with Crippen LogP contribution in [0.15, 0.2) is 12.3 Å². The first kappa shape index (κ1) is 12.3. The summed E-state index contributed by atoms with van der Waals surface area (Å²) in [5, 5.41) is 7.37. The van der Waals surface area contributed by atoms with E-state index in [1.54, 1.807) is 13.2 Å². The van der Waals surface area contributed by atoms with Crippen molar-refractivity contribution in [2.24, 2.45) is 7.05 Å². The Hall–Kier alpha value is -2.11. The van der Waals surface area contributed by atoms with Gasteiger partial charge in [-0.25, -0.2) is 4.98 Å². The summed E-state index contributed by atoms with van der Waals surface area (Å²) in [6.07, 6.45) is 1.84. The van der Waals surface area contributed by atoms with Gasteiger partial charge in [0.15, 0.2) is 0 Å². The van der Waals surface area contributed by atoms with E-state index in [1.807, 2.05) is 31.8 Å². The number of methoxy groups -OCH3 is 1. The van der Waals surface area contributed by atoms with Crippen molar-refractivity contribution >= 4 is 5.95 Å². The second-order valence-electron chi connectivity index (χ2n) is 4.11. The molecule has 0 atom stereocenters. The molecular formula is C12H17N5O. The lowest BCUT2D eigenvalue weighted by molar-refractivity contribution is 0.397. The van der Waals surface area contributed by atoms with Crippen molar-refractivity contribution in [3.63, 3.8) is 0 Å². The lowest BCUT2D eigenvalue weighted by Gasteiger charge is -2.07. The van der Waals surface area contributed by atoms with E-state index in [2.05, 4.69) is 20.4 Å². The van der Waals surface area contributed by atoms with Crippen LogP contribution in [-0.4, -0.2) is 26.9 Å². The van der Waals surface area contributed by atoms with E-state index in [1.165, 1.54) is 0 Å². The molecule has 1 N–H and O–H groups in total. The highest BCUT2D eigenvalue weighted by Gasteiger charge is 2.05. The molecule has 0 saturated heterocycles. The SMILES string of the molecule is COc1cc(C)nc(NCc2cnn(C)c2C)n1. The van der Waals surface area contributed by atoms with Crippen molar-refractivity contribution in [1.82, 2.24) is 19.7 Å². The monoisotopic (exact) mass is 247 g/mol. The van der Waals surface area contributed by atoms with E-state index in [-0.39, 0.29) is 0 Å². The van der Waals surface area contributed by atoms with Gasteiger partial charge >= 0.3 is 0 Å². The maximum atomic E-state index is 5.11. The highest BCUT2D eigenvalue weighted by molar-refractivity contribution is 5.32. The van der Waals surface area contributed by atoms with E-state index in [0.717, 1.165) is 17.0 Å². The van der Waals surface area contributed by atoms with Crippen LogP contribution in [0.4, 0.5) is 5.95 Å². The molecule has 0 bridgehead atoms. The normalized spacial score (nSPS) is 10.4. The van der Waals surface area contributed by atoms with Crippen molar-refractivity contribution in [1.29, 1.82) is 0 Å². The van der Waals surface area contributed by atoms with Crippen LogP contribution in [0, 0.1) is 13.8 Å². The molecule has 6 nitrogen and oxygen atoms in total. The highest BCUT2D eigenvalue weighted by Crippen LogP contribution is 2.13. The van der Waals surface area contributed by atoms with Crippen molar-refractivity contribution in [2.45, 2.75) is 20.4 Å². The predicted molar refractivity (Wildman–Crippen MR) is 68.6 cm³/mol. The summed E-state index contributed by atoms with van der Waals surface area (Å²) in [5.41, 5.74) is 3.12. The average Bonchev–Trinajstić information content (AvgIpc) is 2.67. The maximum absolute atomic E-state index is 5.11. The van der Waals surface area contributed by atoms with Gasteiger partial charge in [-0.2, -0.15) is 10.1 Å². The summed E-state index contributed by atoms with van der Waals surface area (Å²) in [7, 11) is 3.52. The Morgan fingerprint density at radius 1 is 1.33 bits per heavy atom. The van der Waals surface area contributed by atoms with Gasteiger partial charge in [0, 0.05) is 36.6 Å². The molecule has 0 unspecified atom stereocenters. The zero-order valence-corrected chi connectivity index (χ0v) is 11.1. The largest absolute Gasteiger partial charge is 0.481 e. The van der Waals surface area contributed by atoms with Gasteiger partial charge in [0.2, 0.25) is 11.8 Å². The number of hydrogen-bond acceptors (Lipinski definition) is 5. The molecular weight excluding hydrogens is 230 g/mol. The summed E-state index contributed by atoms with van der Waals surface area (Å²) in [6.45, 7) is 4.58. The number of rotatable bonds is 4. The molecule has 0 spiro atoms. The number of ether oxygens (including phenoxy) is 1. The Kier molecular flexibility index (Phi) is 3.45. The average molecular weight is 247 g/mol. The minimum atomic E-state index is 0.563. The van der Waals surface area contributed by atoms with Crippen molar-refractivity contribution < 1.29 is 4.74 Å². The Balaban J connectivity index is 2.10. The first-order valence-corrected chi connectivity index (χ1v) is 5.71. The number of anilines is 1. The van der Waals surface area contributed by atoms with E-state index in [4.69, 9.17) is 4.74 Å². The van der Waals surface area contributed by atoms with E-state index >= 15 is 0 Å². The van der Waals surface area contributed by atoms with Crippen LogP contribution in [0.2, 0.25) is 0 Å². The highest BCUT2D eigenvalue weighted by atomic mass is 16.5. The third kappa shape index (κ3) is 2.58. The molecule has 18 heavy (non-hydrogen) atoms. The third-order valence-corrected chi connectivity index (χ3v) is 2.81. The fourth-order valence-electron chi connectivity index (χ4n) is 1.62. The zero-order valence-electron chi connectivity index (χ0n) is 11.1. The minimum Gasteiger partial charge on any atom is -0.481 e. The van der Waals surface area contributed by atoms with Crippen LogP contribution in [0.5, 0.6) is 5.88 Å². The van der Waals surface area contributed by atoms with Crippen LogP contribution < -0.4 is 10.1 Å². The fourth-order valence-corrected chi connectivity index (χ4v) is 1.62. The van der Waals surface area contributed by atoms with Gasteiger partial charge in [-0.15, -0.1) is 0 Å². The van der Waals surface area contributed by atoms with Gasteiger partial charge in [-0.3, -0.25) is 4.68 Å². The zero-order chi connectivity index (χ0) is 13.1. The van der Waals surface area contributed by atoms with Crippen LogP contribution in [0.25, 0.3) is 0 Å². The molecule has 2 aromatic rings. The molecule has 0 amide bonds. The van der Waals surface area contributed by atoms with Crippen LogP contribution >= 0.6 is 0 Å². The summed E-state index contributed by atoms with van der Waals surface area (Å²) >= 11 is 0. The Morgan fingerprint density at radius 3 is 2.72 bits per heavy atom. The molecule has 0 aromatic carbocycles. The molecule has 0 fully saturated rings. The molecule has 2 rings (SSSR count). The maximum Gasteiger partial charge on any atom is 0.226 e. The minimum absolute atomic E-state index is 0.563. The number of nitrogens with one attached hydrogen (secondary N) is 1. The second kappa shape index (κ2) is 5.03. The fraction of sp³-hybridized carbons (Fsp3) is 0.417. The molecule has 96 valence electrons. The number of aromatic nitrogens is 4. The summed E-state index contributed by atoms with van der Waals surface area (Å²) < 4.78 is 6.95. The molecule has 0 aliphatic carbocycles. The van der Waals surface area contributed by atoms with Gasteiger partial charge in [0.1, 0.15) is 0 Å². The molecule has 6 heteroatoms. The Labute approximate surface area is 106 Å². The second-order valence-corrected chi connectivity index (χ2v) is 4.11. The van der Waals surface area contributed by atoms with Crippen molar-refractivity contribution in [2.75, 3.05) is 12.4 Å². The first-order chi connectivity index (χ1) is 8.60. The summed E-state index contributed by atoms with van der Waals surface area (Å²) in [6, 6.07) is 1.79. The number of hydrogen-bond donors (Lipinski definition) is 1. The van der Waals surface area contributed by atoms with Crippen molar-refractivity contribution in [3.8, 4) is 5.88 Å².